The van der Waals surface area contributed by atoms with Crippen molar-refractivity contribution in [3.05, 3.63) is 107 Å². The number of aromatic nitrogens is 3. The fourth-order valence-electron chi connectivity index (χ4n) is 5.13. The van der Waals surface area contributed by atoms with E-state index >= 15 is 0 Å². The number of nitrogens with zero attached hydrogens (tertiary/aromatic N) is 4. The standard InChI is InChI=1S/C34H33N5O4/c40-32(18-19-33(41)38-22-28-9-2-1-7-26(28)14-15-27-8-3-4-10-31(27)38)35-21-25-12-16-30(17-13-25)39-23-29(36-37-39)24-43-34-11-5-6-20-42-34/h1-4,7-10,12-13,16-17,23,34H,5-6,11,18-22,24H2,(H,35,40). The lowest BCUT2D eigenvalue weighted by Gasteiger charge is -2.26. The lowest BCUT2D eigenvalue weighted by Crippen LogP contribution is -2.33. The van der Waals surface area contributed by atoms with Crippen LogP contribution in [-0.4, -0.2) is 39.7 Å². The predicted octanol–water partition coefficient (Wildman–Crippen LogP) is 4.65. The highest BCUT2D eigenvalue weighted by molar-refractivity contribution is 5.96. The molecule has 0 radical (unpaired) electrons. The number of carbonyl (C=O) groups excluding carboxylic acids is 2. The van der Waals surface area contributed by atoms with Gasteiger partial charge in [-0.05, 0) is 60.7 Å². The summed E-state index contributed by atoms with van der Waals surface area (Å²) in [6.07, 6.45) is 4.96. The molecule has 0 bridgehead atoms. The third kappa shape index (κ3) is 7.17. The number of hydrogen-bond donors (Lipinski definition) is 1. The minimum atomic E-state index is -0.180. The minimum absolute atomic E-state index is 0.0958. The lowest BCUT2D eigenvalue weighted by atomic mass is 10.0. The molecule has 1 N–H and O–H groups in total. The van der Waals surface area contributed by atoms with Crippen molar-refractivity contribution in [3.63, 3.8) is 0 Å². The number of amides is 2. The van der Waals surface area contributed by atoms with Crippen molar-refractivity contribution in [2.45, 2.75) is 58.1 Å². The molecule has 1 fully saturated rings. The molecule has 4 aromatic rings. The summed E-state index contributed by atoms with van der Waals surface area (Å²) in [5.41, 5.74) is 5.97. The summed E-state index contributed by atoms with van der Waals surface area (Å²) >= 11 is 0. The van der Waals surface area contributed by atoms with Gasteiger partial charge in [0.15, 0.2) is 6.29 Å². The molecule has 1 saturated heterocycles. The largest absolute Gasteiger partial charge is 0.353 e. The number of benzene rings is 3. The van der Waals surface area contributed by atoms with Crippen LogP contribution in [-0.2, 0) is 38.8 Å². The summed E-state index contributed by atoms with van der Waals surface area (Å²) in [7, 11) is 0. The molecule has 0 saturated carbocycles. The zero-order chi connectivity index (χ0) is 29.4. The Kier molecular flexibility index (Phi) is 8.88. The third-order valence-corrected chi connectivity index (χ3v) is 7.53. The second-order valence-corrected chi connectivity index (χ2v) is 10.6. The third-order valence-electron chi connectivity index (χ3n) is 7.53. The summed E-state index contributed by atoms with van der Waals surface area (Å²) in [6.45, 7) is 1.86. The number of anilines is 1. The second-order valence-electron chi connectivity index (χ2n) is 10.6. The van der Waals surface area contributed by atoms with Crippen LogP contribution in [0.2, 0.25) is 0 Å². The van der Waals surface area contributed by atoms with Crippen molar-refractivity contribution in [2.75, 3.05) is 11.5 Å². The van der Waals surface area contributed by atoms with E-state index in [-0.39, 0.29) is 30.9 Å². The summed E-state index contributed by atoms with van der Waals surface area (Å²) in [6, 6.07) is 23.2. The van der Waals surface area contributed by atoms with Gasteiger partial charge in [0, 0.05) is 37.1 Å². The van der Waals surface area contributed by atoms with E-state index < -0.39 is 0 Å². The Labute approximate surface area is 250 Å². The van der Waals surface area contributed by atoms with Gasteiger partial charge in [-0.2, -0.15) is 0 Å². The molecule has 2 aliphatic rings. The molecule has 218 valence electrons. The maximum atomic E-state index is 13.4. The fraction of sp³-hybridized carbons (Fsp3) is 0.294. The van der Waals surface area contributed by atoms with E-state index in [9.17, 15) is 9.59 Å². The highest BCUT2D eigenvalue weighted by Gasteiger charge is 2.22. The van der Waals surface area contributed by atoms with Gasteiger partial charge in [0.25, 0.3) is 0 Å². The van der Waals surface area contributed by atoms with Gasteiger partial charge < -0.3 is 19.7 Å². The summed E-state index contributed by atoms with van der Waals surface area (Å²) in [5.74, 6) is 6.13. The zero-order valence-electron chi connectivity index (χ0n) is 23.9. The van der Waals surface area contributed by atoms with Crippen molar-refractivity contribution in [1.29, 1.82) is 0 Å². The molecule has 1 aromatic heterocycles. The molecular weight excluding hydrogens is 542 g/mol. The fourth-order valence-corrected chi connectivity index (χ4v) is 5.13. The van der Waals surface area contributed by atoms with Gasteiger partial charge in [-0.1, -0.05) is 59.5 Å². The molecule has 1 unspecified atom stereocenters. The van der Waals surface area contributed by atoms with Gasteiger partial charge in [-0.3, -0.25) is 9.59 Å². The maximum absolute atomic E-state index is 13.4. The highest BCUT2D eigenvalue weighted by atomic mass is 16.7. The molecule has 0 spiro atoms. The topological polar surface area (TPSA) is 98.6 Å². The molecule has 9 heteroatoms. The van der Waals surface area contributed by atoms with Crippen LogP contribution in [0.1, 0.15) is 60.1 Å². The first-order chi connectivity index (χ1) is 21.1. The molecule has 3 aromatic carbocycles. The molecule has 2 aliphatic heterocycles. The van der Waals surface area contributed by atoms with E-state index in [2.05, 4.69) is 27.5 Å². The molecular formula is C34H33N5O4. The van der Waals surface area contributed by atoms with E-state index in [4.69, 9.17) is 9.47 Å². The molecule has 6 rings (SSSR count). The first-order valence-corrected chi connectivity index (χ1v) is 14.6. The number of nitrogens with one attached hydrogen (secondary N) is 1. The number of carbonyl (C=O) groups is 2. The van der Waals surface area contributed by atoms with Crippen LogP contribution in [0.5, 0.6) is 0 Å². The van der Waals surface area contributed by atoms with Crippen LogP contribution >= 0.6 is 0 Å². The molecule has 1 atom stereocenters. The summed E-state index contributed by atoms with van der Waals surface area (Å²) in [5, 5.41) is 11.3. The van der Waals surface area contributed by atoms with Gasteiger partial charge >= 0.3 is 0 Å². The average Bonchev–Trinajstić information content (AvgIpc) is 3.53. The Morgan fingerprint density at radius 3 is 2.58 bits per heavy atom. The first kappa shape index (κ1) is 28.3. The predicted molar refractivity (Wildman–Crippen MR) is 161 cm³/mol. The normalized spacial score (nSPS) is 15.7. The number of ether oxygens (including phenoxy) is 2. The van der Waals surface area contributed by atoms with Crippen molar-refractivity contribution < 1.29 is 19.1 Å². The van der Waals surface area contributed by atoms with Gasteiger partial charge in [-0.15, -0.1) is 5.10 Å². The Hall–Kier alpha value is -4.78. The summed E-state index contributed by atoms with van der Waals surface area (Å²) in [4.78, 5) is 27.8. The monoisotopic (exact) mass is 575 g/mol. The van der Waals surface area contributed by atoms with Gasteiger partial charge in [0.05, 0.1) is 30.7 Å². The number of hydrogen-bond acceptors (Lipinski definition) is 6. The van der Waals surface area contributed by atoms with Crippen LogP contribution < -0.4 is 10.2 Å². The van der Waals surface area contributed by atoms with E-state index in [0.717, 1.165) is 65.2 Å². The molecule has 0 aliphatic carbocycles. The van der Waals surface area contributed by atoms with Crippen LogP contribution in [0.4, 0.5) is 5.69 Å². The maximum Gasteiger partial charge on any atom is 0.227 e. The van der Waals surface area contributed by atoms with Crippen LogP contribution in [0.25, 0.3) is 5.69 Å². The molecule has 3 heterocycles. The Bertz CT molecular complexity index is 1650. The Balaban J connectivity index is 1.00. The second kappa shape index (κ2) is 13.5. The Morgan fingerprint density at radius 2 is 1.74 bits per heavy atom. The lowest BCUT2D eigenvalue weighted by molar-refractivity contribution is -0.169. The van der Waals surface area contributed by atoms with Gasteiger partial charge in [0.1, 0.15) is 5.69 Å². The Morgan fingerprint density at radius 1 is 0.953 bits per heavy atom. The number of rotatable bonds is 9. The van der Waals surface area contributed by atoms with Crippen molar-refractivity contribution in [3.8, 4) is 17.5 Å². The van der Waals surface area contributed by atoms with Crippen molar-refractivity contribution >= 4 is 17.5 Å². The number of para-hydroxylation sites is 1. The van der Waals surface area contributed by atoms with E-state index in [1.54, 1.807) is 9.58 Å². The first-order valence-electron chi connectivity index (χ1n) is 14.6. The highest BCUT2D eigenvalue weighted by Crippen LogP contribution is 2.26. The minimum Gasteiger partial charge on any atom is -0.353 e. The van der Waals surface area contributed by atoms with Crippen molar-refractivity contribution in [1.82, 2.24) is 20.3 Å². The van der Waals surface area contributed by atoms with Gasteiger partial charge in [-0.25, -0.2) is 4.68 Å². The van der Waals surface area contributed by atoms with Crippen LogP contribution in [0.15, 0.2) is 79.0 Å². The average molecular weight is 576 g/mol. The smallest absolute Gasteiger partial charge is 0.227 e. The van der Waals surface area contributed by atoms with Crippen LogP contribution in [0.3, 0.4) is 0 Å². The molecule has 43 heavy (non-hydrogen) atoms. The SMILES string of the molecule is O=C(CCC(=O)N1Cc2ccccc2C#Cc2ccccc21)NCc1ccc(-n2cc(COC3CCCCO3)nn2)cc1. The molecule has 2 amide bonds. The summed E-state index contributed by atoms with van der Waals surface area (Å²) < 4.78 is 13.1. The zero-order valence-corrected chi connectivity index (χ0v) is 23.9. The van der Waals surface area contributed by atoms with E-state index in [1.165, 1.54) is 0 Å². The van der Waals surface area contributed by atoms with Gasteiger partial charge in [0.2, 0.25) is 11.8 Å². The van der Waals surface area contributed by atoms with Crippen LogP contribution in [0, 0.1) is 11.8 Å². The van der Waals surface area contributed by atoms with Crippen molar-refractivity contribution in [2.24, 2.45) is 0 Å². The quantitative estimate of drug-likeness (QED) is 0.292. The molecule has 9 nitrogen and oxygen atoms in total. The van der Waals surface area contributed by atoms with E-state index in [1.807, 2.05) is 79.0 Å². The number of fused-ring (bicyclic) bond motifs is 2. The van der Waals surface area contributed by atoms with E-state index in [0.29, 0.717) is 19.7 Å².